The van der Waals surface area contributed by atoms with Gasteiger partial charge in [0.1, 0.15) is 0 Å². The number of benzene rings is 3. The maximum absolute atomic E-state index is 12.7. The number of amides is 3. The Labute approximate surface area is 192 Å². The minimum atomic E-state index is -1.19. The summed E-state index contributed by atoms with van der Waals surface area (Å²) in [5.74, 6) is -2.47. The fraction of sp³-hybridized carbons (Fsp3) is 0.0833. The van der Waals surface area contributed by atoms with Gasteiger partial charge in [0.2, 0.25) is 0 Å². The molecule has 0 saturated carbocycles. The van der Waals surface area contributed by atoms with Crippen LogP contribution in [0.2, 0.25) is 0 Å². The normalized spacial score (nSPS) is 13.3. The van der Waals surface area contributed by atoms with E-state index in [1.807, 2.05) is 0 Å². The van der Waals surface area contributed by atoms with Crippen LogP contribution in [0.3, 0.4) is 0 Å². The number of fused-ring (bicyclic) bond motifs is 1. The average molecular weight is 459 g/mol. The van der Waals surface area contributed by atoms with E-state index in [1.54, 1.807) is 24.3 Å². The van der Waals surface area contributed by atoms with E-state index in [1.165, 1.54) is 55.5 Å². The fourth-order valence-corrected chi connectivity index (χ4v) is 3.39. The molecule has 0 bridgehead atoms. The molecular formula is C24H17N3O7. The van der Waals surface area contributed by atoms with Crippen molar-refractivity contribution < 1.29 is 28.8 Å². The maximum atomic E-state index is 12.7. The van der Waals surface area contributed by atoms with Gasteiger partial charge in [-0.3, -0.25) is 24.5 Å². The molecule has 1 N–H and O–H groups in total. The lowest BCUT2D eigenvalue weighted by Gasteiger charge is -2.16. The minimum absolute atomic E-state index is 0.0454. The molecule has 3 amide bonds. The molecule has 0 radical (unpaired) electrons. The Bertz CT molecular complexity index is 1300. The second-order valence-electron chi connectivity index (χ2n) is 7.38. The van der Waals surface area contributed by atoms with Gasteiger partial charge in [-0.1, -0.05) is 18.2 Å². The molecule has 0 aliphatic carbocycles. The van der Waals surface area contributed by atoms with Gasteiger partial charge in [-0.2, -0.15) is 0 Å². The van der Waals surface area contributed by atoms with Gasteiger partial charge in [-0.15, -0.1) is 0 Å². The number of carbonyl (C=O) groups excluding carboxylic acids is 4. The third-order valence-corrected chi connectivity index (χ3v) is 5.13. The number of ether oxygens (including phenoxy) is 1. The van der Waals surface area contributed by atoms with Gasteiger partial charge in [0.25, 0.3) is 23.4 Å². The minimum Gasteiger partial charge on any atom is -0.449 e. The summed E-state index contributed by atoms with van der Waals surface area (Å²) in [7, 11) is 0. The number of esters is 1. The Morgan fingerprint density at radius 2 is 1.56 bits per heavy atom. The highest BCUT2D eigenvalue weighted by atomic mass is 16.6. The van der Waals surface area contributed by atoms with Crippen LogP contribution in [0.25, 0.3) is 0 Å². The second-order valence-corrected chi connectivity index (χ2v) is 7.38. The lowest BCUT2D eigenvalue weighted by molar-refractivity contribution is -0.384. The SMILES string of the molecule is CC(OC(=O)c1cccc(N2C(=O)c3ccccc3C2=O)c1)C(=O)Nc1ccc([N+](=O)[O-])cc1. The average Bonchev–Trinajstić information content (AvgIpc) is 3.09. The number of hydrogen-bond acceptors (Lipinski definition) is 7. The molecule has 1 atom stereocenters. The molecule has 1 unspecified atom stereocenters. The molecule has 0 aromatic heterocycles. The van der Waals surface area contributed by atoms with E-state index < -0.39 is 34.7 Å². The number of nitrogens with zero attached hydrogens (tertiary/aromatic N) is 2. The van der Waals surface area contributed by atoms with Crippen molar-refractivity contribution in [3.63, 3.8) is 0 Å². The first-order valence-corrected chi connectivity index (χ1v) is 10.1. The van der Waals surface area contributed by atoms with Gasteiger partial charge < -0.3 is 10.1 Å². The quantitative estimate of drug-likeness (QED) is 0.257. The van der Waals surface area contributed by atoms with Crippen molar-refractivity contribution >= 4 is 40.8 Å². The number of anilines is 2. The Hall–Kier alpha value is -4.86. The zero-order valence-electron chi connectivity index (χ0n) is 17.8. The van der Waals surface area contributed by atoms with Crippen LogP contribution in [0.1, 0.15) is 38.0 Å². The molecule has 10 nitrogen and oxygen atoms in total. The second kappa shape index (κ2) is 8.94. The highest BCUT2D eigenvalue weighted by Crippen LogP contribution is 2.29. The summed E-state index contributed by atoms with van der Waals surface area (Å²) in [6.07, 6.45) is -1.19. The number of nitro groups is 1. The highest BCUT2D eigenvalue weighted by Gasteiger charge is 2.36. The summed E-state index contributed by atoms with van der Waals surface area (Å²) < 4.78 is 5.22. The first kappa shape index (κ1) is 22.3. The standard InChI is InChI=1S/C24H17N3O7/c1-14(21(28)25-16-9-11-17(12-10-16)27(32)33)34-24(31)15-5-4-6-18(13-15)26-22(29)19-7-2-3-8-20(19)23(26)30/h2-14H,1H3,(H,25,28). The molecule has 1 aliphatic rings. The van der Waals surface area contributed by atoms with Gasteiger partial charge >= 0.3 is 5.97 Å². The number of rotatable bonds is 6. The number of nitro benzene ring substituents is 1. The number of non-ortho nitro benzene ring substituents is 1. The van der Waals surface area contributed by atoms with Crippen molar-refractivity contribution in [1.82, 2.24) is 0 Å². The first-order chi connectivity index (χ1) is 16.3. The summed E-state index contributed by atoms with van der Waals surface area (Å²) in [5, 5.41) is 13.2. The van der Waals surface area contributed by atoms with Crippen LogP contribution in [-0.4, -0.2) is 34.7 Å². The van der Waals surface area contributed by atoms with E-state index in [-0.39, 0.29) is 28.1 Å². The molecule has 0 spiro atoms. The molecule has 0 fully saturated rings. The molecule has 0 saturated heterocycles. The van der Waals surface area contributed by atoms with Gasteiger partial charge in [0.15, 0.2) is 6.10 Å². The van der Waals surface area contributed by atoms with Gasteiger partial charge in [-0.25, -0.2) is 9.69 Å². The topological polar surface area (TPSA) is 136 Å². The Morgan fingerprint density at radius 1 is 0.941 bits per heavy atom. The molecule has 34 heavy (non-hydrogen) atoms. The van der Waals surface area contributed by atoms with Crippen molar-refractivity contribution in [2.24, 2.45) is 0 Å². The van der Waals surface area contributed by atoms with Crippen molar-refractivity contribution in [1.29, 1.82) is 0 Å². The smallest absolute Gasteiger partial charge is 0.338 e. The first-order valence-electron chi connectivity index (χ1n) is 10.1. The molecule has 1 aliphatic heterocycles. The van der Waals surface area contributed by atoms with Gasteiger partial charge in [-0.05, 0) is 49.4 Å². The maximum Gasteiger partial charge on any atom is 0.338 e. The molecule has 4 rings (SSSR count). The molecular weight excluding hydrogens is 442 g/mol. The van der Waals surface area contributed by atoms with E-state index in [4.69, 9.17) is 4.74 Å². The van der Waals surface area contributed by atoms with Crippen LogP contribution >= 0.6 is 0 Å². The zero-order chi connectivity index (χ0) is 24.4. The largest absolute Gasteiger partial charge is 0.449 e. The summed E-state index contributed by atoms with van der Waals surface area (Å²) >= 11 is 0. The summed E-state index contributed by atoms with van der Waals surface area (Å²) in [5.41, 5.74) is 0.961. The monoisotopic (exact) mass is 459 g/mol. The third kappa shape index (κ3) is 4.24. The van der Waals surface area contributed by atoms with Crippen LogP contribution in [0.5, 0.6) is 0 Å². The zero-order valence-corrected chi connectivity index (χ0v) is 17.8. The van der Waals surface area contributed by atoms with E-state index in [0.717, 1.165) is 4.90 Å². The van der Waals surface area contributed by atoms with Crippen molar-refractivity contribution in [3.8, 4) is 0 Å². The molecule has 170 valence electrons. The molecule has 3 aromatic carbocycles. The van der Waals surface area contributed by atoms with E-state index in [2.05, 4.69) is 5.32 Å². The summed E-state index contributed by atoms with van der Waals surface area (Å²) in [6.45, 7) is 1.37. The lowest BCUT2D eigenvalue weighted by atomic mass is 10.1. The summed E-state index contributed by atoms with van der Waals surface area (Å²) in [4.78, 5) is 61.5. The van der Waals surface area contributed by atoms with E-state index in [9.17, 15) is 29.3 Å². The van der Waals surface area contributed by atoms with E-state index >= 15 is 0 Å². The molecule has 1 heterocycles. The van der Waals surface area contributed by atoms with Crippen molar-refractivity contribution in [2.45, 2.75) is 13.0 Å². The predicted molar refractivity (Wildman–Crippen MR) is 121 cm³/mol. The van der Waals surface area contributed by atoms with Crippen molar-refractivity contribution in [2.75, 3.05) is 10.2 Å². The Kier molecular flexibility index (Phi) is 5.88. The van der Waals surface area contributed by atoms with Crippen LogP contribution in [0.15, 0.2) is 72.8 Å². The number of hydrogen-bond donors (Lipinski definition) is 1. The van der Waals surface area contributed by atoms with Gasteiger partial charge in [0.05, 0.1) is 27.3 Å². The molecule has 10 heteroatoms. The van der Waals surface area contributed by atoms with Gasteiger partial charge in [0, 0.05) is 17.8 Å². The van der Waals surface area contributed by atoms with Crippen molar-refractivity contribution in [3.05, 3.63) is 99.6 Å². The van der Waals surface area contributed by atoms with E-state index in [0.29, 0.717) is 5.69 Å². The fourth-order valence-electron chi connectivity index (χ4n) is 3.39. The summed E-state index contributed by atoms with van der Waals surface area (Å²) in [6, 6.07) is 17.4. The number of imide groups is 1. The Balaban J connectivity index is 1.44. The van der Waals surface area contributed by atoms with Crippen LogP contribution in [0.4, 0.5) is 17.1 Å². The third-order valence-electron chi connectivity index (χ3n) is 5.13. The number of nitrogens with one attached hydrogen (secondary N) is 1. The predicted octanol–water partition coefficient (Wildman–Crippen LogP) is 3.58. The Morgan fingerprint density at radius 3 is 2.15 bits per heavy atom. The van der Waals surface area contributed by atoms with Crippen LogP contribution in [0, 0.1) is 10.1 Å². The van der Waals surface area contributed by atoms with Crippen LogP contribution in [-0.2, 0) is 9.53 Å². The molecule has 3 aromatic rings. The lowest BCUT2D eigenvalue weighted by Crippen LogP contribution is -2.31. The van der Waals surface area contributed by atoms with Crippen LogP contribution < -0.4 is 10.2 Å². The number of carbonyl (C=O) groups is 4. The highest BCUT2D eigenvalue weighted by molar-refractivity contribution is 6.34.